The summed E-state index contributed by atoms with van der Waals surface area (Å²) in [6.45, 7) is 2.99. The summed E-state index contributed by atoms with van der Waals surface area (Å²) >= 11 is 0. The van der Waals surface area contributed by atoms with Crippen molar-refractivity contribution in [2.75, 3.05) is 33.4 Å². The number of likely N-dealkylation sites (tertiary alicyclic amines) is 1. The Morgan fingerprint density at radius 3 is 3.00 bits per heavy atom. The molecule has 7 nitrogen and oxygen atoms in total. The number of aromatic amines is 1. The normalized spacial score (nSPS) is 21.2. The first-order valence-electron chi connectivity index (χ1n) is 7.54. The number of ether oxygens (including phenoxy) is 2. The van der Waals surface area contributed by atoms with Crippen molar-refractivity contribution < 1.29 is 9.47 Å². The summed E-state index contributed by atoms with van der Waals surface area (Å²) in [5.74, 6) is 0.843. The van der Waals surface area contributed by atoms with Crippen molar-refractivity contribution in [3.8, 4) is 11.8 Å². The van der Waals surface area contributed by atoms with Crippen LogP contribution in [0.15, 0.2) is 30.5 Å². The molecule has 1 aromatic carbocycles. The predicted octanol–water partition coefficient (Wildman–Crippen LogP) is 1.17. The van der Waals surface area contributed by atoms with Gasteiger partial charge in [-0.2, -0.15) is 20.7 Å². The number of nitrogens with zero attached hydrogens (tertiary/aromatic N) is 4. The minimum atomic E-state index is 0.103. The van der Waals surface area contributed by atoms with Crippen molar-refractivity contribution in [2.45, 2.75) is 12.0 Å². The number of nitriles is 1. The number of hydrogen-bond donors (Lipinski definition) is 1. The van der Waals surface area contributed by atoms with E-state index in [1.54, 1.807) is 19.4 Å². The van der Waals surface area contributed by atoms with Gasteiger partial charge >= 0.3 is 0 Å². The van der Waals surface area contributed by atoms with Crippen molar-refractivity contribution in [3.05, 3.63) is 41.7 Å². The second-order valence-electron chi connectivity index (χ2n) is 5.49. The molecule has 1 aromatic heterocycles. The lowest BCUT2D eigenvalue weighted by atomic mass is 10.0. The van der Waals surface area contributed by atoms with Crippen LogP contribution in [0.3, 0.4) is 0 Å². The summed E-state index contributed by atoms with van der Waals surface area (Å²) in [6.07, 6.45) is 1.85. The van der Waals surface area contributed by atoms with E-state index in [0.717, 1.165) is 25.3 Å². The average Bonchev–Trinajstić information content (AvgIpc) is 3.24. The van der Waals surface area contributed by atoms with Crippen molar-refractivity contribution in [1.29, 1.82) is 5.26 Å². The van der Waals surface area contributed by atoms with Gasteiger partial charge in [0.2, 0.25) is 0 Å². The van der Waals surface area contributed by atoms with Crippen molar-refractivity contribution in [3.63, 3.8) is 0 Å². The van der Waals surface area contributed by atoms with Crippen molar-refractivity contribution >= 4 is 0 Å². The van der Waals surface area contributed by atoms with E-state index >= 15 is 0 Å². The fraction of sp³-hybridized carbons (Fsp3) is 0.438. The summed E-state index contributed by atoms with van der Waals surface area (Å²) in [4.78, 5) is 2.28. The summed E-state index contributed by atoms with van der Waals surface area (Å²) in [5.41, 5.74) is 1.49. The van der Waals surface area contributed by atoms with Gasteiger partial charge in [-0.05, 0) is 12.1 Å². The highest BCUT2D eigenvalue weighted by Crippen LogP contribution is 2.27. The Morgan fingerprint density at radius 1 is 1.39 bits per heavy atom. The molecule has 1 N–H and O–H groups in total. The third-order valence-corrected chi connectivity index (χ3v) is 4.13. The SMILES string of the molecule is CO[C@@H]1CN(CCOc2ccccc2C#N)C[C@H]1c1cn[nH]n1. The lowest BCUT2D eigenvalue weighted by Crippen LogP contribution is -2.27. The molecule has 120 valence electrons. The topological polar surface area (TPSA) is 87.1 Å². The zero-order valence-electron chi connectivity index (χ0n) is 13.0. The van der Waals surface area contributed by atoms with Gasteiger partial charge in [0.1, 0.15) is 18.4 Å². The maximum Gasteiger partial charge on any atom is 0.137 e. The Kier molecular flexibility index (Phi) is 4.86. The molecule has 3 rings (SSSR count). The highest BCUT2D eigenvalue weighted by molar-refractivity contribution is 5.42. The van der Waals surface area contributed by atoms with E-state index in [4.69, 9.17) is 14.7 Å². The van der Waals surface area contributed by atoms with E-state index in [9.17, 15) is 0 Å². The minimum absolute atomic E-state index is 0.103. The lowest BCUT2D eigenvalue weighted by Gasteiger charge is -2.16. The molecule has 1 saturated heterocycles. The molecule has 0 bridgehead atoms. The second-order valence-corrected chi connectivity index (χ2v) is 5.49. The Balaban J connectivity index is 1.54. The van der Waals surface area contributed by atoms with Crippen LogP contribution in [0, 0.1) is 11.3 Å². The van der Waals surface area contributed by atoms with Gasteiger partial charge in [-0.15, -0.1) is 0 Å². The molecule has 0 saturated carbocycles. The lowest BCUT2D eigenvalue weighted by molar-refractivity contribution is 0.0948. The summed E-state index contributed by atoms with van der Waals surface area (Å²) in [5, 5.41) is 19.8. The third kappa shape index (κ3) is 3.50. The third-order valence-electron chi connectivity index (χ3n) is 4.13. The standard InChI is InChI=1S/C16H19N5O2/c1-22-16-11-21(10-13(16)14-9-18-20-19-14)6-7-23-15-5-3-2-4-12(15)8-17/h2-5,9,13,16H,6-7,10-11H2,1H3,(H,18,19,20)/t13-,16+/m0/s1. The fourth-order valence-electron chi connectivity index (χ4n) is 2.92. The van der Waals surface area contributed by atoms with Crippen LogP contribution in [-0.4, -0.2) is 59.8 Å². The molecule has 2 atom stereocenters. The minimum Gasteiger partial charge on any atom is -0.491 e. The van der Waals surface area contributed by atoms with E-state index in [0.29, 0.717) is 17.9 Å². The zero-order valence-corrected chi connectivity index (χ0v) is 13.0. The van der Waals surface area contributed by atoms with Gasteiger partial charge in [-0.1, -0.05) is 12.1 Å². The number of para-hydroxylation sites is 1. The molecule has 0 aliphatic carbocycles. The highest BCUT2D eigenvalue weighted by atomic mass is 16.5. The van der Waals surface area contributed by atoms with Crippen LogP contribution >= 0.6 is 0 Å². The van der Waals surface area contributed by atoms with Crippen molar-refractivity contribution in [2.24, 2.45) is 0 Å². The predicted molar refractivity (Wildman–Crippen MR) is 83.0 cm³/mol. The number of H-pyrrole nitrogens is 1. The molecular formula is C16H19N5O2. The maximum absolute atomic E-state index is 9.06. The first-order chi connectivity index (χ1) is 11.3. The van der Waals surface area contributed by atoms with E-state index < -0.39 is 0 Å². The molecule has 0 amide bonds. The Hall–Kier alpha value is -2.43. The Labute approximate surface area is 134 Å². The molecule has 1 aliphatic rings. The maximum atomic E-state index is 9.06. The molecule has 0 radical (unpaired) electrons. The van der Waals surface area contributed by atoms with Gasteiger partial charge < -0.3 is 9.47 Å². The Morgan fingerprint density at radius 2 is 2.26 bits per heavy atom. The van der Waals surface area contributed by atoms with Crippen LogP contribution in [0.5, 0.6) is 5.75 Å². The molecule has 7 heteroatoms. The molecule has 2 heterocycles. The van der Waals surface area contributed by atoms with E-state index in [1.807, 2.05) is 18.2 Å². The number of hydrogen-bond acceptors (Lipinski definition) is 6. The molecular weight excluding hydrogens is 294 g/mol. The monoisotopic (exact) mass is 313 g/mol. The van der Waals surface area contributed by atoms with Gasteiger partial charge in [0.25, 0.3) is 0 Å². The van der Waals surface area contributed by atoms with Crippen LogP contribution in [0.4, 0.5) is 0 Å². The van der Waals surface area contributed by atoms with Gasteiger partial charge in [-0.25, -0.2) is 0 Å². The summed E-state index contributed by atoms with van der Waals surface area (Å²) in [6, 6.07) is 9.41. The van der Waals surface area contributed by atoms with Crippen LogP contribution in [0.1, 0.15) is 17.2 Å². The molecule has 1 aliphatic heterocycles. The van der Waals surface area contributed by atoms with E-state index in [2.05, 4.69) is 26.4 Å². The largest absolute Gasteiger partial charge is 0.491 e. The Bertz CT molecular complexity index is 667. The zero-order chi connectivity index (χ0) is 16.1. The van der Waals surface area contributed by atoms with Crippen molar-refractivity contribution in [1.82, 2.24) is 20.3 Å². The number of aromatic nitrogens is 3. The van der Waals surface area contributed by atoms with Gasteiger partial charge in [-0.3, -0.25) is 4.90 Å². The van der Waals surface area contributed by atoms with Crippen LogP contribution in [0.2, 0.25) is 0 Å². The average molecular weight is 313 g/mol. The smallest absolute Gasteiger partial charge is 0.137 e. The first-order valence-corrected chi connectivity index (χ1v) is 7.54. The van der Waals surface area contributed by atoms with Gasteiger partial charge in [0.15, 0.2) is 0 Å². The number of nitrogens with one attached hydrogen (secondary N) is 1. The first kappa shape index (κ1) is 15.5. The van der Waals surface area contributed by atoms with Crippen LogP contribution in [-0.2, 0) is 4.74 Å². The number of rotatable bonds is 6. The number of methoxy groups -OCH3 is 1. The van der Waals surface area contributed by atoms with E-state index in [1.165, 1.54) is 0 Å². The second kappa shape index (κ2) is 7.22. The van der Waals surface area contributed by atoms with Crippen LogP contribution in [0.25, 0.3) is 0 Å². The number of benzene rings is 1. The molecule has 23 heavy (non-hydrogen) atoms. The summed E-state index contributed by atoms with van der Waals surface area (Å²) < 4.78 is 11.3. The van der Waals surface area contributed by atoms with Crippen LogP contribution < -0.4 is 4.74 Å². The quantitative estimate of drug-likeness (QED) is 0.861. The molecule has 0 spiro atoms. The highest BCUT2D eigenvalue weighted by Gasteiger charge is 2.35. The molecule has 0 unspecified atom stereocenters. The van der Waals surface area contributed by atoms with Gasteiger partial charge in [0.05, 0.1) is 23.6 Å². The van der Waals surface area contributed by atoms with E-state index in [-0.39, 0.29) is 12.0 Å². The summed E-state index contributed by atoms with van der Waals surface area (Å²) in [7, 11) is 1.72. The van der Waals surface area contributed by atoms with Gasteiger partial charge in [0, 0.05) is 32.7 Å². The molecule has 1 fully saturated rings. The fourth-order valence-corrected chi connectivity index (χ4v) is 2.92. The molecule has 2 aromatic rings.